The average Bonchev–Trinajstić information content (AvgIpc) is 1.54. The van der Waals surface area contributed by atoms with Crippen LogP contribution in [-0.4, -0.2) is 0 Å². The summed E-state index contributed by atoms with van der Waals surface area (Å²) in [6.07, 6.45) is 4.68. The lowest BCUT2D eigenvalue weighted by atomic mass is 9.67. The highest BCUT2D eigenvalue weighted by Crippen LogP contribution is 2.60. The molecule has 4 aliphatic rings. The molecule has 0 N–H and O–H groups in total. The van der Waals surface area contributed by atoms with E-state index in [1.807, 2.05) is 84.2 Å². The summed E-state index contributed by atoms with van der Waals surface area (Å²) >= 11 is 3.68. The van der Waals surface area contributed by atoms with Crippen molar-refractivity contribution in [1.29, 1.82) is 0 Å². The van der Waals surface area contributed by atoms with E-state index in [1.165, 1.54) is 110 Å². The number of rotatable bonds is 19. The van der Waals surface area contributed by atoms with Crippen molar-refractivity contribution in [1.82, 2.24) is 0 Å². The summed E-state index contributed by atoms with van der Waals surface area (Å²) in [5.41, 5.74) is 27.7. The van der Waals surface area contributed by atoms with Gasteiger partial charge in [0.25, 0.3) is 0 Å². The van der Waals surface area contributed by atoms with E-state index in [4.69, 9.17) is 9.47 Å². The normalized spacial score (nSPS) is 15.2. The third-order valence-corrected chi connectivity index (χ3v) is 24.4. The zero-order chi connectivity index (χ0) is 71.5. The molecule has 514 valence electrons. The van der Waals surface area contributed by atoms with Crippen LogP contribution in [0.3, 0.4) is 0 Å². The molecule has 0 saturated heterocycles. The zero-order valence-corrected chi connectivity index (χ0v) is 60.9. The molecule has 6 heteroatoms. The predicted octanol–water partition coefficient (Wildman–Crippen LogP) is 27.1. The van der Waals surface area contributed by atoms with Gasteiger partial charge in [-0.25, -0.2) is 0 Å². The Bertz CT molecular complexity index is 5640. The molecule has 16 aromatic carbocycles. The van der Waals surface area contributed by atoms with Crippen molar-refractivity contribution in [2.45, 2.75) is 56.1 Å². The summed E-state index contributed by atoms with van der Waals surface area (Å²) in [5, 5.41) is 0. The van der Waals surface area contributed by atoms with Gasteiger partial charge >= 0.3 is 0 Å². The van der Waals surface area contributed by atoms with Gasteiger partial charge in [0.1, 0.15) is 23.0 Å². The number of fused-ring (bicyclic) bond motifs is 8. The summed E-state index contributed by atoms with van der Waals surface area (Å²) < 4.78 is 12.9. The third-order valence-electron chi connectivity index (χ3n) is 22.4. The predicted molar refractivity (Wildman–Crippen MR) is 445 cm³/mol. The van der Waals surface area contributed by atoms with Crippen LogP contribution in [0.5, 0.6) is 23.0 Å². The third kappa shape index (κ3) is 11.5. The van der Waals surface area contributed by atoms with E-state index < -0.39 is 10.8 Å². The van der Waals surface area contributed by atoms with Gasteiger partial charge in [0.2, 0.25) is 0 Å². The first-order valence-electron chi connectivity index (χ1n) is 37.3. The molecule has 0 saturated carbocycles. The van der Waals surface area contributed by atoms with Gasteiger partial charge < -0.3 is 19.3 Å². The number of hydrogen-bond acceptors (Lipinski definition) is 6. The number of ether oxygens (including phenoxy) is 2. The van der Waals surface area contributed by atoms with Crippen LogP contribution in [0.1, 0.15) is 66.8 Å². The van der Waals surface area contributed by atoms with E-state index >= 15 is 0 Å². The fourth-order valence-corrected chi connectivity index (χ4v) is 18.9. The Kier molecular flexibility index (Phi) is 16.5. The van der Waals surface area contributed by atoms with Crippen LogP contribution >= 0.6 is 23.5 Å². The first-order chi connectivity index (χ1) is 53.4. The van der Waals surface area contributed by atoms with E-state index in [-0.39, 0.29) is 0 Å². The number of benzene rings is 16. The summed E-state index contributed by atoms with van der Waals surface area (Å²) in [5.74, 6) is 3.18. The maximum absolute atomic E-state index is 6.47. The second-order valence-electron chi connectivity index (χ2n) is 28.5. The van der Waals surface area contributed by atoms with E-state index in [9.17, 15) is 0 Å². The van der Waals surface area contributed by atoms with Gasteiger partial charge in [0.15, 0.2) is 0 Å². The summed E-state index contributed by atoms with van der Waals surface area (Å²) in [6.45, 7) is 0. The fourth-order valence-electron chi connectivity index (χ4n) is 17.1. The Balaban J connectivity index is 0.655. The molecule has 0 fully saturated rings. The lowest BCUT2D eigenvalue weighted by molar-refractivity contribution is 0.482. The second-order valence-corrected chi connectivity index (χ2v) is 30.8. The zero-order valence-electron chi connectivity index (χ0n) is 59.3. The van der Waals surface area contributed by atoms with Crippen molar-refractivity contribution in [2.75, 3.05) is 9.80 Å². The van der Waals surface area contributed by atoms with Gasteiger partial charge in [0.05, 0.1) is 10.8 Å². The van der Waals surface area contributed by atoms with Crippen LogP contribution in [0.15, 0.2) is 408 Å². The quantitative estimate of drug-likeness (QED) is 0.0800. The first-order valence-corrected chi connectivity index (χ1v) is 38.9. The molecule has 4 aliphatic carbocycles. The van der Waals surface area contributed by atoms with Crippen molar-refractivity contribution in [3.8, 4) is 56.4 Å². The van der Waals surface area contributed by atoms with Gasteiger partial charge in [-0.05, 0) is 296 Å². The summed E-state index contributed by atoms with van der Waals surface area (Å²) in [7, 11) is 0. The van der Waals surface area contributed by atoms with Gasteiger partial charge in [-0.15, -0.1) is 0 Å². The van der Waals surface area contributed by atoms with Crippen LogP contribution in [0.4, 0.5) is 34.1 Å². The molecule has 0 aromatic heterocycles. The molecule has 20 rings (SSSR count). The lowest BCUT2D eigenvalue weighted by Gasteiger charge is -2.35. The van der Waals surface area contributed by atoms with Crippen molar-refractivity contribution in [3.05, 3.63) is 455 Å². The number of anilines is 6. The topological polar surface area (TPSA) is 24.9 Å². The highest BCUT2D eigenvalue weighted by atomic mass is 32.2. The molecule has 16 aromatic rings. The van der Waals surface area contributed by atoms with E-state index in [0.29, 0.717) is 0 Å². The molecule has 108 heavy (non-hydrogen) atoms. The van der Waals surface area contributed by atoms with Gasteiger partial charge in [-0.3, -0.25) is 0 Å². The minimum absolute atomic E-state index is 0.681. The van der Waals surface area contributed by atoms with Crippen molar-refractivity contribution in [2.24, 2.45) is 0 Å². The minimum atomic E-state index is -0.681. The molecular formula is C102H72N2O2S2. The number of para-hydroxylation sites is 4. The minimum Gasteiger partial charge on any atom is -0.457 e. The molecule has 4 nitrogen and oxygen atoms in total. The SMILES string of the molecule is c1ccc(Oc2ccc(C3(c4ccc(Sc5ccc6c(c5)CC6)cc4)c4ccccc4-c4ccc(N(c5ccccc5)c5ccc(-c6ccc(N(c7ccccc7)c7ccc8c(c7)C(c7ccc(Oc9ccccc9)cc7)(c7ccc(Sc9ccc%10c(c9)CC%10)cc7)c7ccccc7-8)cc6)cc5)cc43)cc2)cc1. The van der Waals surface area contributed by atoms with Crippen LogP contribution in [-0.2, 0) is 36.5 Å². The van der Waals surface area contributed by atoms with Gasteiger partial charge in [-0.1, -0.05) is 242 Å². The second kappa shape index (κ2) is 27.4. The van der Waals surface area contributed by atoms with Crippen LogP contribution < -0.4 is 19.3 Å². The summed E-state index contributed by atoms with van der Waals surface area (Å²) in [4.78, 5) is 9.81. The highest BCUT2D eigenvalue weighted by Gasteiger charge is 2.48. The summed E-state index contributed by atoms with van der Waals surface area (Å²) in [6, 6.07) is 142. The first kappa shape index (κ1) is 65.0. The number of aryl methyl sites for hydroxylation is 4. The van der Waals surface area contributed by atoms with Crippen LogP contribution in [0.2, 0.25) is 0 Å². The largest absolute Gasteiger partial charge is 0.457 e. The van der Waals surface area contributed by atoms with Crippen molar-refractivity contribution in [3.63, 3.8) is 0 Å². The Morgan fingerprint density at radius 2 is 0.509 bits per heavy atom. The van der Waals surface area contributed by atoms with Crippen molar-refractivity contribution < 1.29 is 9.47 Å². The Hall–Kier alpha value is -12.6. The van der Waals surface area contributed by atoms with E-state index in [0.717, 1.165) is 92.2 Å². The smallest absolute Gasteiger partial charge is 0.127 e. The molecule has 0 bridgehead atoms. The fraction of sp³-hybridized carbons (Fsp3) is 0.0588. The highest BCUT2D eigenvalue weighted by molar-refractivity contribution is 7.99. The number of nitrogens with zero attached hydrogens (tertiary/aromatic N) is 2. The Labute approximate surface area is 639 Å². The maximum atomic E-state index is 6.47. The Morgan fingerprint density at radius 3 is 0.870 bits per heavy atom. The standard InChI is InChI=1S/C102H72N2O2S2/c1-5-17-79(18-6-1)103(83-51-63-95-93-25-13-15-27-97(93)101(99(95)67-83,75-39-53-87(54-40-75)105-85-21-9-3-10-22-85)77-43-59-89(60-44-77)107-91-57-37-71-29-31-73(71)65-91)81-47-33-69(34-48-81)70-35-49-82(50-36-70)104(80-19-7-2-8-20-80)84-52-64-96-94-26-14-16-28-98(94)102(100(96)68-84,76-41-55-88(56-42-76)106-86-23-11-4-12-24-86)78-45-61-90(62-46-78)108-92-58-38-72-30-32-74(72)66-92/h1-28,33-68H,29-32H2. The monoisotopic (exact) mass is 1420 g/mol. The van der Waals surface area contributed by atoms with E-state index in [1.54, 1.807) is 0 Å². The lowest BCUT2D eigenvalue weighted by Crippen LogP contribution is -2.28. The molecule has 0 spiro atoms. The molecule has 0 heterocycles. The molecule has 2 atom stereocenters. The van der Waals surface area contributed by atoms with Gasteiger partial charge in [-0.2, -0.15) is 0 Å². The van der Waals surface area contributed by atoms with Gasteiger partial charge in [0, 0.05) is 53.7 Å². The molecule has 0 radical (unpaired) electrons. The van der Waals surface area contributed by atoms with Crippen molar-refractivity contribution >= 4 is 57.6 Å². The van der Waals surface area contributed by atoms with Crippen LogP contribution in [0.25, 0.3) is 33.4 Å². The van der Waals surface area contributed by atoms with Crippen LogP contribution in [0, 0.1) is 0 Å². The molecule has 0 amide bonds. The Morgan fingerprint density at radius 1 is 0.213 bits per heavy atom. The molecule has 0 aliphatic heterocycles. The average molecular weight is 1420 g/mol. The number of hydrogen-bond donors (Lipinski definition) is 0. The maximum Gasteiger partial charge on any atom is 0.127 e. The molecule has 2 unspecified atom stereocenters. The molecular weight excluding hydrogens is 1350 g/mol. The van der Waals surface area contributed by atoms with E-state index in [2.05, 4.69) is 337 Å².